The minimum atomic E-state index is -4.10. The number of rotatable bonds is 11. The van der Waals surface area contributed by atoms with Crippen molar-refractivity contribution in [2.45, 2.75) is 64.4 Å². The molecule has 10 heteroatoms. The summed E-state index contributed by atoms with van der Waals surface area (Å²) in [6.07, 6.45) is 2.09. The van der Waals surface area contributed by atoms with Gasteiger partial charge >= 0.3 is 0 Å². The molecule has 0 bridgehead atoms. The van der Waals surface area contributed by atoms with Crippen LogP contribution in [0.5, 0.6) is 0 Å². The number of nitrogens with zero attached hydrogens (tertiary/aromatic N) is 2. The molecule has 2 aromatic carbocycles. The van der Waals surface area contributed by atoms with Crippen molar-refractivity contribution < 1.29 is 22.5 Å². The van der Waals surface area contributed by atoms with Crippen LogP contribution in [0.4, 0.5) is 5.82 Å². The fourth-order valence-electron chi connectivity index (χ4n) is 4.53. The maximum atomic E-state index is 13.7. The molecule has 0 radical (unpaired) electrons. The zero-order valence-electron chi connectivity index (χ0n) is 23.0. The van der Waals surface area contributed by atoms with E-state index in [0.717, 1.165) is 18.4 Å². The van der Waals surface area contributed by atoms with Gasteiger partial charge in [0.25, 0.3) is 10.0 Å². The Morgan fingerprint density at radius 3 is 2.36 bits per heavy atom. The Hall–Kier alpha value is -3.66. The molecule has 2 amide bonds. The lowest BCUT2D eigenvalue weighted by Gasteiger charge is -2.32. The van der Waals surface area contributed by atoms with Crippen LogP contribution in [-0.2, 0) is 26.2 Å². The first-order chi connectivity index (χ1) is 18.5. The van der Waals surface area contributed by atoms with Crippen LogP contribution in [0.1, 0.15) is 50.0 Å². The van der Waals surface area contributed by atoms with Crippen LogP contribution < -0.4 is 10.0 Å². The summed E-state index contributed by atoms with van der Waals surface area (Å²) in [6.45, 7) is 7.57. The fraction of sp³-hybridized carbons (Fsp3) is 0.414. The van der Waals surface area contributed by atoms with E-state index in [1.54, 1.807) is 37.9 Å². The van der Waals surface area contributed by atoms with Crippen molar-refractivity contribution in [1.29, 1.82) is 0 Å². The summed E-state index contributed by atoms with van der Waals surface area (Å²) in [5.41, 5.74) is 2.44. The van der Waals surface area contributed by atoms with E-state index in [2.05, 4.69) is 15.2 Å². The number of benzene rings is 2. The van der Waals surface area contributed by atoms with Gasteiger partial charge in [0.2, 0.25) is 11.8 Å². The quantitative estimate of drug-likeness (QED) is 0.357. The largest absolute Gasteiger partial charge is 0.359 e. The van der Waals surface area contributed by atoms with Gasteiger partial charge in [-0.3, -0.25) is 14.3 Å². The molecule has 0 saturated heterocycles. The number of aryl methyl sites for hydroxylation is 1. The highest BCUT2D eigenvalue weighted by atomic mass is 32.2. The van der Waals surface area contributed by atoms with Gasteiger partial charge in [-0.15, -0.1) is 0 Å². The Bertz CT molecular complexity index is 1450. The number of hydrogen-bond acceptors (Lipinski definition) is 6. The lowest BCUT2D eigenvalue weighted by molar-refractivity contribution is -0.142. The van der Waals surface area contributed by atoms with Gasteiger partial charge in [-0.05, 0) is 56.2 Å². The van der Waals surface area contributed by atoms with E-state index in [9.17, 15) is 18.0 Å². The summed E-state index contributed by atoms with van der Waals surface area (Å²) in [5.74, 6) is 0.411. The zero-order chi connectivity index (χ0) is 28.3. The Labute approximate surface area is 230 Å². The second-order valence-electron chi connectivity index (χ2n) is 10.5. The number of carbonyl (C=O) groups excluding carboxylic acids is 2. The van der Waals surface area contributed by atoms with Crippen molar-refractivity contribution in [3.63, 3.8) is 0 Å². The summed E-state index contributed by atoms with van der Waals surface area (Å²) in [5, 5.41) is 6.56. The number of aromatic nitrogens is 1. The number of amides is 2. The molecule has 3 aromatic rings. The van der Waals surface area contributed by atoms with Gasteiger partial charge < -0.3 is 14.7 Å². The van der Waals surface area contributed by atoms with Gasteiger partial charge in [0.1, 0.15) is 11.8 Å². The molecule has 1 fully saturated rings. The molecule has 1 saturated carbocycles. The topological polar surface area (TPSA) is 122 Å². The third-order valence-electron chi connectivity index (χ3n) is 6.99. The van der Waals surface area contributed by atoms with Gasteiger partial charge in [0, 0.05) is 30.6 Å². The number of likely N-dealkylation sites (N-methyl/N-ethyl adjacent to an activating group) is 1. The highest BCUT2D eigenvalue weighted by Crippen LogP contribution is 2.35. The third-order valence-corrected chi connectivity index (χ3v) is 8.37. The summed E-state index contributed by atoms with van der Waals surface area (Å²) in [7, 11) is -2.54. The van der Waals surface area contributed by atoms with Crippen LogP contribution in [0, 0.1) is 25.7 Å². The van der Waals surface area contributed by atoms with E-state index >= 15 is 0 Å². The second-order valence-corrected chi connectivity index (χ2v) is 12.2. The van der Waals surface area contributed by atoms with E-state index in [1.807, 2.05) is 50.2 Å². The van der Waals surface area contributed by atoms with Crippen LogP contribution in [0.25, 0.3) is 11.1 Å². The average molecular weight is 553 g/mol. The summed E-state index contributed by atoms with van der Waals surface area (Å²) >= 11 is 0. The summed E-state index contributed by atoms with van der Waals surface area (Å²) in [4.78, 5) is 28.0. The standard InChI is InChI=1S/C29H36N4O5S/c1-18(2)15-25(28(34)30-5)33(29(35)23-12-13-23)17-21-11-14-24(22-9-7-6-8-10-22)26(16-21)39(36,37)32-27-19(3)20(4)38-31-27/h6-11,14,16,18,23,25H,12-13,15,17H2,1-5H3,(H,30,34)(H,31,32)/t25-/m0/s1. The van der Waals surface area contributed by atoms with Crippen molar-refractivity contribution in [2.75, 3.05) is 11.8 Å². The normalized spacial score (nSPS) is 14.2. The molecule has 0 unspecified atom stereocenters. The van der Waals surface area contributed by atoms with Gasteiger partial charge in [-0.25, -0.2) is 8.42 Å². The lowest BCUT2D eigenvalue weighted by Crippen LogP contribution is -2.49. The highest BCUT2D eigenvalue weighted by Gasteiger charge is 2.39. The van der Waals surface area contributed by atoms with Crippen molar-refractivity contribution in [2.24, 2.45) is 11.8 Å². The minimum absolute atomic E-state index is 0.0467. The summed E-state index contributed by atoms with van der Waals surface area (Å²) in [6, 6.07) is 13.7. The van der Waals surface area contributed by atoms with Crippen LogP contribution in [0.3, 0.4) is 0 Å². The molecule has 2 N–H and O–H groups in total. The molecular formula is C29H36N4O5S. The highest BCUT2D eigenvalue weighted by molar-refractivity contribution is 7.92. The molecule has 1 atom stereocenters. The molecule has 1 heterocycles. The lowest BCUT2D eigenvalue weighted by atomic mass is 9.99. The van der Waals surface area contributed by atoms with Crippen LogP contribution in [0.15, 0.2) is 57.9 Å². The molecule has 0 spiro atoms. The second kappa shape index (κ2) is 11.6. The van der Waals surface area contributed by atoms with Crippen molar-refractivity contribution >= 4 is 27.7 Å². The van der Waals surface area contributed by atoms with E-state index in [-0.39, 0.29) is 40.9 Å². The molecule has 208 valence electrons. The number of nitrogens with one attached hydrogen (secondary N) is 2. The fourth-order valence-corrected chi connectivity index (χ4v) is 5.87. The number of anilines is 1. The van der Waals surface area contributed by atoms with Crippen LogP contribution in [-0.4, -0.2) is 43.4 Å². The Kier molecular flexibility index (Phi) is 8.44. The average Bonchev–Trinajstić information content (AvgIpc) is 3.73. The maximum Gasteiger partial charge on any atom is 0.263 e. The van der Waals surface area contributed by atoms with E-state index in [4.69, 9.17) is 4.52 Å². The smallest absolute Gasteiger partial charge is 0.263 e. The van der Waals surface area contributed by atoms with Gasteiger partial charge in [0.05, 0.1) is 4.90 Å². The molecule has 9 nitrogen and oxygen atoms in total. The van der Waals surface area contributed by atoms with Gasteiger partial charge in [-0.2, -0.15) is 0 Å². The summed E-state index contributed by atoms with van der Waals surface area (Å²) < 4.78 is 35.2. The molecule has 39 heavy (non-hydrogen) atoms. The predicted molar refractivity (Wildman–Crippen MR) is 149 cm³/mol. The zero-order valence-corrected chi connectivity index (χ0v) is 23.8. The monoisotopic (exact) mass is 552 g/mol. The Morgan fingerprint density at radius 1 is 1.10 bits per heavy atom. The molecule has 0 aliphatic heterocycles. The van der Waals surface area contributed by atoms with Crippen molar-refractivity contribution in [1.82, 2.24) is 15.4 Å². The number of sulfonamides is 1. The predicted octanol–water partition coefficient (Wildman–Crippen LogP) is 4.66. The molecule has 1 aromatic heterocycles. The SMILES string of the molecule is CNC(=O)[C@H](CC(C)C)N(Cc1ccc(-c2ccccc2)c(S(=O)(=O)Nc2noc(C)c2C)c1)C(=O)C1CC1. The molecule has 4 rings (SSSR count). The molecule has 1 aliphatic carbocycles. The third kappa shape index (κ3) is 6.50. The first-order valence-corrected chi connectivity index (χ1v) is 14.7. The van der Waals surface area contributed by atoms with E-state index in [0.29, 0.717) is 28.9 Å². The van der Waals surface area contributed by atoms with Gasteiger partial charge in [-0.1, -0.05) is 61.5 Å². The van der Waals surface area contributed by atoms with Crippen LogP contribution >= 0.6 is 0 Å². The van der Waals surface area contributed by atoms with E-state index in [1.165, 1.54) is 0 Å². The number of carbonyl (C=O) groups is 2. The van der Waals surface area contributed by atoms with Crippen molar-refractivity contribution in [3.8, 4) is 11.1 Å². The van der Waals surface area contributed by atoms with Crippen LogP contribution in [0.2, 0.25) is 0 Å². The first-order valence-electron chi connectivity index (χ1n) is 13.2. The van der Waals surface area contributed by atoms with E-state index < -0.39 is 16.1 Å². The molecular weight excluding hydrogens is 516 g/mol. The van der Waals surface area contributed by atoms with Crippen molar-refractivity contribution in [3.05, 3.63) is 65.4 Å². The minimum Gasteiger partial charge on any atom is -0.359 e. The maximum absolute atomic E-state index is 13.7. The van der Waals surface area contributed by atoms with Gasteiger partial charge in [0.15, 0.2) is 5.82 Å². The number of hydrogen-bond donors (Lipinski definition) is 2. The first kappa shape index (κ1) is 28.4. The Morgan fingerprint density at radius 2 is 1.79 bits per heavy atom. The molecule has 1 aliphatic rings. The Balaban J connectivity index is 1.78.